The standard InChI is InChI=1S/C12H13NO4S/c14-10(7-1-2-7)13-9(12(15)16)6-18-11(13)8-3-4-17-5-8/h3-5,7,9,11H,1-2,6H2,(H,15,16)/t9-,11-/m1/s1. The van der Waals surface area contributed by atoms with Crippen molar-refractivity contribution in [2.24, 2.45) is 5.92 Å². The van der Waals surface area contributed by atoms with E-state index in [0.29, 0.717) is 5.75 Å². The number of carboxylic acid groups (broad SMARTS) is 1. The molecule has 2 atom stereocenters. The van der Waals surface area contributed by atoms with Crippen molar-refractivity contribution in [2.45, 2.75) is 24.3 Å². The Morgan fingerprint density at radius 2 is 2.22 bits per heavy atom. The van der Waals surface area contributed by atoms with Crippen molar-refractivity contribution < 1.29 is 19.1 Å². The summed E-state index contributed by atoms with van der Waals surface area (Å²) in [6, 6.07) is 1.07. The van der Waals surface area contributed by atoms with Crippen LogP contribution >= 0.6 is 11.8 Å². The number of rotatable bonds is 3. The van der Waals surface area contributed by atoms with Crippen LogP contribution in [0, 0.1) is 5.92 Å². The SMILES string of the molecule is O=C(O)[C@H]1CS[C@H](c2ccoc2)N1C(=O)C1CC1. The third-order valence-corrected chi connectivity index (χ3v) is 4.62. The summed E-state index contributed by atoms with van der Waals surface area (Å²) in [5.74, 6) is -0.495. The number of nitrogens with zero attached hydrogens (tertiary/aromatic N) is 1. The number of carbonyl (C=O) groups excluding carboxylic acids is 1. The predicted octanol–water partition coefficient (Wildman–Crippen LogP) is 1.72. The minimum Gasteiger partial charge on any atom is -0.480 e. The first-order valence-corrected chi connectivity index (χ1v) is 6.92. The van der Waals surface area contributed by atoms with Gasteiger partial charge in [-0.1, -0.05) is 0 Å². The van der Waals surface area contributed by atoms with Crippen molar-refractivity contribution in [3.63, 3.8) is 0 Å². The lowest BCUT2D eigenvalue weighted by Gasteiger charge is -2.26. The van der Waals surface area contributed by atoms with Gasteiger partial charge in [-0.15, -0.1) is 11.8 Å². The molecule has 2 heterocycles. The van der Waals surface area contributed by atoms with Crippen LogP contribution in [0.2, 0.25) is 0 Å². The van der Waals surface area contributed by atoms with Gasteiger partial charge in [-0.2, -0.15) is 0 Å². The molecule has 1 aliphatic carbocycles. The monoisotopic (exact) mass is 267 g/mol. The summed E-state index contributed by atoms with van der Waals surface area (Å²) in [4.78, 5) is 25.0. The van der Waals surface area contributed by atoms with Gasteiger partial charge in [0.05, 0.1) is 12.5 Å². The van der Waals surface area contributed by atoms with Gasteiger partial charge in [-0.3, -0.25) is 4.79 Å². The number of carbonyl (C=O) groups is 2. The molecule has 1 saturated heterocycles. The van der Waals surface area contributed by atoms with E-state index in [9.17, 15) is 14.7 Å². The van der Waals surface area contributed by atoms with Crippen LogP contribution in [0.25, 0.3) is 0 Å². The number of hydrogen-bond acceptors (Lipinski definition) is 4. The fourth-order valence-corrected chi connectivity index (χ4v) is 3.58. The minimum absolute atomic E-state index is 0.0277. The van der Waals surface area contributed by atoms with Crippen molar-refractivity contribution in [3.8, 4) is 0 Å². The maximum Gasteiger partial charge on any atom is 0.327 e. The van der Waals surface area contributed by atoms with Gasteiger partial charge in [-0.05, 0) is 18.9 Å². The van der Waals surface area contributed by atoms with Gasteiger partial charge >= 0.3 is 5.97 Å². The Bertz CT molecular complexity index is 468. The molecule has 0 radical (unpaired) electrons. The van der Waals surface area contributed by atoms with Gasteiger partial charge in [0, 0.05) is 17.2 Å². The molecule has 2 fully saturated rings. The zero-order chi connectivity index (χ0) is 12.7. The average molecular weight is 267 g/mol. The smallest absolute Gasteiger partial charge is 0.327 e. The summed E-state index contributed by atoms with van der Waals surface area (Å²) in [5, 5.41) is 9.00. The van der Waals surface area contributed by atoms with E-state index in [0.717, 1.165) is 18.4 Å². The zero-order valence-electron chi connectivity index (χ0n) is 9.61. The summed E-state index contributed by atoms with van der Waals surface area (Å²) in [5.41, 5.74) is 0.859. The van der Waals surface area contributed by atoms with E-state index in [1.165, 1.54) is 16.7 Å². The normalized spacial score (nSPS) is 27.4. The third kappa shape index (κ3) is 1.90. The molecule has 1 aromatic heterocycles. The van der Waals surface area contributed by atoms with Gasteiger partial charge in [0.2, 0.25) is 5.91 Å². The summed E-state index contributed by atoms with van der Waals surface area (Å²) in [6.45, 7) is 0. The molecule has 0 unspecified atom stereocenters. The van der Waals surface area contributed by atoms with E-state index in [1.807, 2.05) is 0 Å². The molecule has 6 heteroatoms. The second kappa shape index (κ2) is 4.35. The van der Waals surface area contributed by atoms with E-state index in [4.69, 9.17) is 4.42 Å². The Hall–Kier alpha value is -1.43. The first-order valence-electron chi connectivity index (χ1n) is 5.87. The van der Waals surface area contributed by atoms with Crippen LogP contribution in [-0.2, 0) is 9.59 Å². The van der Waals surface area contributed by atoms with E-state index in [2.05, 4.69) is 0 Å². The van der Waals surface area contributed by atoms with E-state index >= 15 is 0 Å². The van der Waals surface area contributed by atoms with Crippen LogP contribution in [0.4, 0.5) is 0 Å². The first kappa shape index (κ1) is 11.6. The van der Waals surface area contributed by atoms with Crippen molar-refractivity contribution in [1.82, 2.24) is 4.90 Å². The molecule has 1 saturated carbocycles. The van der Waals surface area contributed by atoms with Gasteiger partial charge < -0.3 is 14.4 Å². The predicted molar refractivity (Wildman–Crippen MR) is 64.9 cm³/mol. The fourth-order valence-electron chi connectivity index (χ4n) is 2.18. The molecule has 5 nitrogen and oxygen atoms in total. The van der Waals surface area contributed by atoms with Crippen LogP contribution in [0.3, 0.4) is 0 Å². The highest BCUT2D eigenvalue weighted by molar-refractivity contribution is 7.99. The van der Waals surface area contributed by atoms with Gasteiger partial charge in [0.1, 0.15) is 11.4 Å². The lowest BCUT2D eigenvalue weighted by Crippen LogP contribution is -2.43. The number of thioether (sulfide) groups is 1. The van der Waals surface area contributed by atoms with E-state index in [-0.39, 0.29) is 17.2 Å². The highest BCUT2D eigenvalue weighted by Crippen LogP contribution is 2.45. The topological polar surface area (TPSA) is 70.8 Å². The molecular weight excluding hydrogens is 254 g/mol. The fraction of sp³-hybridized carbons (Fsp3) is 0.500. The number of amides is 1. The van der Waals surface area contributed by atoms with E-state index < -0.39 is 12.0 Å². The summed E-state index contributed by atoms with van der Waals surface area (Å²) < 4.78 is 5.03. The maximum absolute atomic E-state index is 12.2. The van der Waals surface area contributed by atoms with Crippen molar-refractivity contribution >= 4 is 23.6 Å². The summed E-state index contributed by atoms with van der Waals surface area (Å²) in [7, 11) is 0. The average Bonchev–Trinajstić information content (AvgIpc) is 2.90. The summed E-state index contributed by atoms with van der Waals surface area (Å²) in [6.07, 6.45) is 4.88. The molecule has 1 N–H and O–H groups in total. The molecule has 1 amide bonds. The van der Waals surface area contributed by atoms with Gasteiger partial charge in [0.25, 0.3) is 0 Å². The second-order valence-electron chi connectivity index (χ2n) is 4.62. The van der Waals surface area contributed by atoms with Gasteiger partial charge in [-0.25, -0.2) is 4.79 Å². The number of furan rings is 1. The minimum atomic E-state index is -0.928. The Balaban J connectivity index is 1.89. The molecule has 96 valence electrons. The molecule has 1 aliphatic heterocycles. The van der Waals surface area contributed by atoms with Gasteiger partial charge in [0.15, 0.2) is 0 Å². The Morgan fingerprint density at radius 3 is 2.78 bits per heavy atom. The van der Waals surface area contributed by atoms with Crippen molar-refractivity contribution in [3.05, 3.63) is 24.2 Å². The van der Waals surface area contributed by atoms with Crippen LogP contribution in [0.5, 0.6) is 0 Å². The van der Waals surface area contributed by atoms with Crippen LogP contribution in [0.1, 0.15) is 23.8 Å². The third-order valence-electron chi connectivity index (χ3n) is 3.29. The Kier molecular flexibility index (Phi) is 2.81. The number of hydrogen-bond donors (Lipinski definition) is 1. The Morgan fingerprint density at radius 1 is 1.44 bits per heavy atom. The summed E-state index contributed by atoms with van der Waals surface area (Å²) >= 11 is 1.48. The highest BCUT2D eigenvalue weighted by atomic mass is 32.2. The first-order chi connectivity index (χ1) is 8.68. The van der Waals surface area contributed by atoms with Crippen LogP contribution in [-0.4, -0.2) is 33.7 Å². The molecule has 0 aromatic carbocycles. The molecule has 0 bridgehead atoms. The lowest BCUT2D eigenvalue weighted by molar-refractivity contribution is -0.149. The molecule has 0 spiro atoms. The lowest BCUT2D eigenvalue weighted by atomic mass is 10.2. The second-order valence-corrected chi connectivity index (χ2v) is 5.73. The maximum atomic E-state index is 12.2. The zero-order valence-corrected chi connectivity index (χ0v) is 10.4. The number of aliphatic carboxylic acids is 1. The van der Waals surface area contributed by atoms with Crippen molar-refractivity contribution in [2.75, 3.05) is 5.75 Å². The van der Waals surface area contributed by atoms with Crippen LogP contribution < -0.4 is 0 Å². The molecule has 1 aromatic rings. The molecule has 3 rings (SSSR count). The molecule has 18 heavy (non-hydrogen) atoms. The Labute approximate surface area is 108 Å². The quantitative estimate of drug-likeness (QED) is 0.902. The number of carboxylic acids is 1. The van der Waals surface area contributed by atoms with E-state index in [1.54, 1.807) is 18.6 Å². The molecule has 2 aliphatic rings. The van der Waals surface area contributed by atoms with Crippen LogP contribution in [0.15, 0.2) is 23.0 Å². The van der Waals surface area contributed by atoms with Crippen molar-refractivity contribution in [1.29, 1.82) is 0 Å². The largest absolute Gasteiger partial charge is 0.480 e. The molecular formula is C12H13NO4S. The highest BCUT2D eigenvalue weighted by Gasteiger charge is 2.46.